The van der Waals surface area contributed by atoms with Crippen molar-refractivity contribution in [3.05, 3.63) is 11.6 Å². The van der Waals surface area contributed by atoms with E-state index >= 15 is 0 Å². The van der Waals surface area contributed by atoms with Crippen molar-refractivity contribution in [2.75, 3.05) is 0 Å². The molecule has 1 atom stereocenters. The second-order valence-electron chi connectivity index (χ2n) is 3.96. The molecule has 0 N–H and O–H groups in total. The highest BCUT2D eigenvalue weighted by atomic mass is 16.5. The van der Waals surface area contributed by atoms with E-state index < -0.39 is 0 Å². The smallest absolute Gasteiger partial charge is 0.306 e. The van der Waals surface area contributed by atoms with Gasteiger partial charge >= 0.3 is 5.97 Å². The van der Waals surface area contributed by atoms with Gasteiger partial charge in [-0.15, -0.1) is 0 Å². The minimum Gasteiger partial charge on any atom is -0.458 e. The number of esters is 1. The zero-order valence-corrected chi connectivity index (χ0v) is 9.21. The number of hydrogen-bond donors (Lipinski definition) is 0. The number of rotatable bonds is 5. The lowest BCUT2D eigenvalue weighted by molar-refractivity contribution is -0.147. The number of hydrogen-bond acceptors (Lipinski definition) is 2. The van der Waals surface area contributed by atoms with E-state index in [1.165, 1.54) is 5.57 Å². The fourth-order valence-corrected chi connectivity index (χ4v) is 1.71. The summed E-state index contributed by atoms with van der Waals surface area (Å²) in [6.07, 6.45) is 8.07. The third kappa shape index (κ3) is 3.52. The van der Waals surface area contributed by atoms with E-state index in [0.717, 1.165) is 32.1 Å². The molecule has 0 aromatic rings. The van der Waals surface area contributed by atoms with E-state index in [1.54, 1.807) is 0 Å². The van der Waals surface area contributed by atoms with Crippen LogP contribution in [-0.2, 0) is 9.53 Å². The molecule has 0 bridgehead atoms. The average molecular weight is 196 g/mol. The molecule has 0 aromatic carbocycles. The molecule has 1 aliphatic rings. The van der Waals surface area contributed by atoms with Crippen molar-refractivity contribution in [1.29, 1.82) is 0 Å². The minimum absolute atomic E-state index is 0.0295. The molecule has 2 nitrogen and oxygen atoms in total. The highest BCUT2D eigenvalue weighted by Gasteiger charge is 2.19. The van der Waals surface area contributed by atoms with Crippen molar-refractivity contribution in [2.45, 2.75) is 58.5 Å². The van der Waals surface area contributed by atoms with E-state index in [-0.39, 0.29) is 12.1 Å². The van der Waals surface area contributed by atoms with Gasteiger partial charge < -0.3 is 4.74 Å². The Labute approximate surface area is 86.3 Å². The molecule has 0 heterocycles. The standard InChI is InChI=1S/C12H20O2/c1-3-4-5-9-12(13)14-11-8-6-7-10(11)2/h7,11H,3-6,8-9H2,1-2H3/t11-/m0/s1. The molecule has 2 heteroatoms. The molecule has 1 aliphatic carbocycles. The predicted molar refractivity (Wildman–Crippen MR) is 57.0 cm³/mol. The first kappa shape index (κ1) is 11.3. The monoisotopic (exact) mass is 196 g/mol. The summed E-state index contributed by atoms with van der Waals surface area (Å²) in [5, 5.41) is 0. The van der Waals surface area contributed by atoms with Gasteiger partial charge in [0.2, 0.25) is 0 Å². The lowest BCUT2D eigenvalue weighted by Crippen LogP contribution is -2.16. The zero-order valence-electron chi connectivity index (χ0n) is 9.21. The van der Waals surface area contributed by atoms with E-state index in [1.807, 2.05) is 6.92 Å². The molecule has 0 fully saturated rings. The van der Waals surface area contributed by atoms with Crippen LogP contribution in [0.5, 0.6) is 0 Å². The van der Waals surface area contributed by atoms with Gasteiger partial charge in [-0.1, -0.05) is 25.8 Å². The first-order valence-corrected chi connectivity index (χ1v) is 5.60. The molecule has 0 amide bonds. The summed E-state index contributed by atoms with van der Waals surface area (Å²) in [6.45, 7) is 4.17. The maximum atomic E-state index is 11.4. The predicted octanol–water partition coefficient (Wildman–Crippen LogP) is 3.22. The van der Waals surface area contributed by atoms with Crippen molar-refractivity contribution in [3.8, 4) is 0 Å². The van der Waals surface area contributed by atoms with Crippen molar-refractivity contribution < 1.29 is 9.53 Å². The summed E-state index contributed by atoms with van der Waals surface area (Å²) in [5.41, 5.74) is 1.22. The van der Waals surface area contributed by atoms with Gasteiger partial charge in [0, 0.05) is 6.42 Å². The summed E-state index contributed by atoms with van der Waals surface area (Å²) < 4.78 is 5.36. The van der Waals surface area contributed by atoms with Crippen LogP contribution in [0.2, 0.25) is 0 Å². The second kappa shape index (κ2) is 5.84. The minimum atomic E-state index is -0.0295. The molecule has 0 aromatic heterocycles. The van der Waals surface area contributed by atoms with E-state index in [9.17, 15) is 4.79 Å². The molecule has 0 aliphatic heterocycles. The lowest BCUT2D eigenvalue weighted by Gasteiger charge is -2.13. The number of allylic oxidation sites excluding steroid dienone is 1. The molecule has 0 spiro atoms. The van der Waals surface area contributed by atoms with Gasteiger partial charge in [0.25, 0.3) is 0 Å². The summed E-state index contributed by atoms with van der Waals surface area (Å²) >= 11 is 0. The number of ether oxygens (including phenoxy) is 1. The van der Waals surface area contributed by atoms with Crippen LogP contribution >= 0.6 is 0 Å². The average Bonchev–Trinajstić information content (AvgIpc) is 2.52. The van der Waals surface area contributed by atoms with Crippen LogP contribution in [0.1, 0.15) is 52.4 Å². The molecular formula is C12H20O2. The molecule has 1 rings (SSSR count). The Balaban J connectivity index is 2.17. The molecular weight excluding hydrogens is 176 g/mol. The highest BCUT2D eigenvalue weighted by molar-refractivity contribution is 5.69. The summed E-state index contributed by atoms with van der Waals surface area (Å²) in [7, 11) is 0. The fourth-order valence-electron chi connectivity index (χ4n) is 1.71. The topological polar surface area (TPSA) is 26.3 Å². The Kier molecular flexibility index (Phi) is 4.71. The largest absolute Gasteiger partial charge is 0.458 e. The van der Waals surface area contributed by atoms with Crippen molar-refractivity contribution in [2.24, 2.45) is 0 Å². The summed E-state index contributed by atoms with van der Waals surface area (Å²) in [5.74, 6) is -0.0295. The summed E-state index contributed by atoms with van der Waals surface area (Å²) in [4.78, 5) is 11.4. The molecule has 80 valence electrons. The Hall–Kier alpha value is -0.790. The number of carbonyl (C=O) groups excluding carboxylic acids is 1. The maximum Gasteiger partial charge on any atom is 0.306 e. The van der Waals surface area contributed by atoms with Crippen LogP contribution in [0, 0.1) is 0 Å². The van der Waals surface area contributed by atoms with E-state index in [4.69, 9.17) is 4.74 Å². The van der Waals surface area contributed by atoms with Crippen molar-refractivity contribution >= 4 is 5.97 Å². The maximum absolute atomic E-state index is 11.4. The highest BCUT2D eigenvalue weighted by Crippen LogP contribution is 2.21. The third-order valence-electron chi connectivity index (χ3n) is 2.66. The molecule has 0 saturated heterocycles. The first-order chi connectivity index (χ1) is 6.74. The fraction of sp³-hybridized carbons (Fsp3) is 0.750. The Morgan fingerprint density at radius 1 is 1.57 bits per heavy atom. The van der Waals surface area contributed by atoms with Gasteiger partial charge in [-0.3, -0.25) is 4.79 Å². The van der Waals surface area contributed by atoms with Gasteiger partial charge in [0.1, 0.15) is 6.10 Å². The third-order valence-corrected chi connectivity index (χ3v) is 2.66. The Morgan fingerprint density at radius 3 is 2.93 bits per heavy atom. The van der Waals surface area contributed by atoms with Gasteiger partial charge in [0.15, 0.2) is 0 Å². The van der Waals surface area contributed by atoms with Crippen LogP contribution in [0.25, 0.3) is 0 Å². The van der Waals surface area contributed by atoms with Crippen LogP contribution < -0.4 is 0 Å². The van der Waals surface area contributed by atoms with Gasteiger partial charge in [-0.2, -0.15) is 0 Å². The summed E-state index contributed by atoms with van der Waals surface area (Å²) in [6, 6.07) is 0. The lowest BCUT2D eigenvalue weighted by atomic mass is 10.2. The first-order valence-electron chi connectivity index (χ1n) is 5.60. The number of carbonyl (C=O) groups is 1. The normalized spacial score (nSPS) is 20.7. The quantitative estimate of drug-likeness (QED) is 0.383. The van der Waals surface area contributed by atoms with Crippen molar-refractivity contribution in [1.82, 2.24) is 0 Å². The Bertz CT molecular complexity index is 218. The van der Waals surface area contributed by atoms with E-state index in [0.29, 0.717) is 6.42 Å². The van der Waals surface area contributed by atoms with Crippen LogP contribution in [-0.4, -0.2) is 12.1 Å². The van der Waals surface area contributed by atoms with Crippen LogP contribution in [0.4, 0.5) is 0 Å². The van der Waals surface area contributed by atoms with Gasteiger partial charge in [0.05, 0.1) is 0 Å². The zero-order chi connectivity index (χ0) is 10.4. The van der Waals surface area contributed by atoms with Crippen molar-refractivity contribution in [3.63, 3.8) is 0 Å². The second-order valence-corrected chi connectivity index (χ2v) is 3.96. The van der Waals surface area contributed by atoms with Crippen LogP contribution in [0.3, 0.4) is 0 Å². The SMILES string of the molecule is CCCCCC(=O)O[C@H]1CCC=C1C. The molecule has 14 heavy (non-hydrogen) atoms. The molecule has 0 saturated carbocycles. The van der Waals surface area contributed by atoms with Crippen LogP contribution in [0.15, 0.2) is 11.6 Å². The molecule has 0 unspecified atom stereocenters. The van der Waals surface area contributed by atoms with Gasteiger partial charge in [-0.05, 0) is 31.8 Å². The Morgan fingerprint density at radius 2 is 2.36 bits per heavy atom. The van der Waals surface area contributed by atoms with E-state index in [2.05, 4.69) is 13.0 Å². The number of unbranched alkanes of at least 4 members (excludes halogenated alkanes) is 2. The molecule has 0 radical (unpaired) electrons. The van der Waals surface area contributed by atoms with Gasteiger partial charge in [-0.25, -0.2) is 0 Å².